The molecule has 0 bridgehead atoms. The third-order valence-electron chi connectivity index (χ3n) is 6.07. The van der Waals surface area contributed by atoms with E-state index in [0.29, 0.717) is 12.1 Å². The van der Waals surface area contributed by atoms with Crippen molar-refractivity contribution in [1.82, 2.24) is 20.4 Å². The Morgan fingerprint density at radius 1 is 1.03 bits per heavy atom. The molecule has 1 amide bonds. The molecule has 2 N–H and O–H groups in total. The minimum Gasteiger partial charge on any atom is -0.354 e. The lowest BCUT2D eigenvalue weighted by Gasteiger charge is -2.34. The van der Waals surface area contributed by atoms with E-state index in [0.717, 1.165) is 43.5 Å². The lowest BCUT2D eigenvalue weighted by atomic mass is 9.95. The molecule has 31 heavy (non-hydrogen) atoms. The van der Waals surface area contributed by atoms with Gasteiger partial charge < -0.3 is 15.5 Å². The van der Waals surface area contributed by atoms with Gasteiger partial charge in [-0.1, -0.05) is 43.0 Å². The number of guanidine groups is 1. The van der Waals surface area contributed by atoms with Crippen LogP contribution in [0.15, 0.2) is 29.3 Å². The zero-order valence-corrected chi connectivity index (χ0v) is 21.9. The molecular formula is C23H37ClIN5O. The molecular weight excluding hydrogens is 525 g/mol. The van der Waals surface area contributed by atoms with Crippen molar-refractivity contribution < 1.29 is 4.79 Å². The normalized spacial score (nSPS) is 18.9. The van der Waals surface area contributed by atoms with Gasteiger partial charge in [0.1, 0.15) is 6.54 Å². The van der Waals surface area contributed by atoms with E-state index in [2.05, 4.69) is 32.7 Å². The molecule has 0 atom stereocenters. The maximum atomic E-state index is 12.0. The third-order valence-corrected chi connectivity index (χ3v) is 6.32. The van der Waals surface area contributed by atoms with Gasteiger partial charge in [0.25, 0.3) is 0 Å². The number of likely N-dealkylation sites (N-methyl/N-ethyl adjacent to an activating group) is 1. The standard InChI is InChI=1S/C23H36ClN5O.HI/c1-28(2)22(30)16-25-23(26-20-6-4-3-5-7-20)27-21-12-14-29(15-13-21)17-18-8-10-19(24)11-9-18;/h8-11,20-21H,3-7,12-17H2,1-2H3,(H2,25,26,27);1H. The van der Waals surface area contributed by atoms with Gasteiger partial charge in [-0.25, -0.2) is 4.99 Å². The van der Waals surface area contributed by atoms with Crippen LogP contribution in [0.3, 0.4) is 0 Å². The minimum absolute atomic E-state index is 0. The number of nitrogens with zero attached hydrogens (tertiary/aromatic N) is 3. The van der Waals surface area contributed by atoms with Crippen molar-refractivity contribution in [2.75, 3.05) is 33.7 Å². The molecule has 1 saturated heterocycles. The summed E-state index contributed by atoms with van der Waals surface area (Å²) in [6.07, 6.45) is 8.36. The highest BCUT2D eigenvalue weighted by Crippen LogP contribution is 2.18. The second kappa shape index (κ2) is 13.5. The van der Waals surface area contributed by atoms with Crippen LogP contribution in [0, 0.1) is 0 Å². The maximum Gasteiger partial charge on any atom is 0.243 e. The Morgan fingerprint density at radius 3 is 2.19 bits per heavy atom. The van der Waals surface area contributed by atoms with Crippen molar-refractivity contribution in [3.63, 3.8) is 0 Å². The van der Waals surface area contributed by atoms with Crippen LogP contribution < -0.4 is 10.6 Å². The molecule has 0 aromatic heterocycles. The van der Waals surface area contributed by atoms with E-state index in [4.69, 9.17) is 11.6 Å². The molecule has 1 aliphatic carbocycles. The van der Waals surface area contributed by atoms with E-state index in [1.807, 2.05) is 12.1 Å². The van der Waals surface area contributed by atoms with Crippen LogP contribution in [-0.2, 0) is 11.3 Å². The number of halogens is 2. The lowest BCUT2D eigenvalue weighted by molar-refractivity contribution is -0.127. The average molecular weight is 562 g/mol. The van der Waals surface area contributed by atoms with Crippen LogP contribution in [-0.4, -0.2) is 67.5 Å². The minimum atomic E-state index is 0. The van der Waals surface area contributed by atoms with E-state index in [9.17, 15) is 4.79 Å². The van der Waals surface area contributed by atoms with Crippen LogP contribution in [0.2, 0.25) is 5.02 Å². The number of hydrogen-bond acceptors (Lipinski definition) is 3. The van der Waals surface area contributed by atoms with E-state index in [-0.39, 0.29) is 36.4 Å². The Kier molecular flexibility index (Phi) is 11.4. The van der Waals surface area contributed by atoms with Gasteiger partial charge in [0.15, 0.2) is 5.96 Å². The Morgan fingerprint density at radius 2 is 1.61 bits per heavy atom. The van der Waals surface area contributed by atoms with E-state index < -0.39 is 0 Å². The average Bonchev–Trinajstić information content (AvgIpc) is 2.75. The van der Waals surface area contributed by atoms with Crippen LogP contribution in [0.4, 0.5) is 0 Å². The van der Waals surface area contributed by atoms with Gasteiger partial charge in [-0.15, -0.1) is 24.0 Å². The summed E-state index contributed by atoms with van der Waals surface area (Å²) in [6, 6.07) is 8.97. The quantitative estimate of drug-likeness (QED) is 0.315. The monoisotopic (exact) mass is 561 g/mol. The van der Waals surface area contributed by atoms with Gasteiger partial charge in [0.2, 0.25) is 5.91 Å². The molecule has 1 saturated carbocycles. The predicted molar refractivity (Wildman–Crippen MR) is 139 cm³/mol. The first-order valence-electron chi connectivity index (χ1n) is 11.2. The summed E-state index contributed by atoms with van der Waals surface area (Å²) in [5.41, 5.74) is 1.30. The zero-order chi connectivity index (χ0) is 21.3. The van der Waals surface area contributed by atoms with Crippen LogP contribution >= 0.6 is 35.6 Å². The highest BCUT2D eigenvalue weighted by atomic mass is 127. The smallest absolute Gasteiger partial charge is 0.243 e. The van der Waals surface area contributed by atoms with Crippen LogP contribution in [0.1, 0.15) is 50.5 Å². The van der Waals surface area contributed by atoms with Crippen molar-refractivity contribution in [2.45, 2.75) is 63.6 Å². The second-order valence-corrected chi connectivity index (χ2v) is 9.19. The first-order valence-corrected chi connectivity index (χ1v) is 11.6. The summed E-state index contributed by atoms with van der Waals surface area (Å²) in [5.74, 6) is 0.825. The molecule has 3 rings (SSSR count). The molecule has 2 aliphatic rings. The molecule has 1 aliphatic heterocycles. The third kappa shape index (κ3) is 9.14. The maximum absolute atomic E-state index is 12.0. The SMILES string of the molecule is CN(C)C(=O)CN=C(NC1CCCCC1)NC1CCN(Cc2ccc(Cl)cc2)CC1.I. The van der Waals surface area contributed by atoms with E-state index >= 15 is 0 Å². The van der Waals surface area contributed by atoms with Crippen molar-refractivity contribution in [3.8, 4) is 0 Å². The number of carbonyl (C=O) groups is 1. The predicted octanol–water partition coefficient (Wildman–Crippen LogP) is 3.88. The number of carbonyl (C=O) groups excluding carboxylic acids is 1. The second-order valence-electron chi connectivity index (χ2n) is 8.75. The molecule has 1 heterocycles. The Labute approximate surface area is 209 Å². The fourth-order valence-corrected chi connectivity index (χ4v) is 4.26. The number of aliphatic imine (C=N–C) groups is 1. The molecule has 174 valence electrons. The first kappa shape index (κ1) is 26.2. The molecule has 8 heteroatoms. The van der Waals surface area contributed by atoms with Crippen molar-refractivity contribution >= 4 is 47.4 Å². The summed E-state index contributed by atoms with van der Waals surface area (Å²) >= 11 is 5.99. The first-order chi connectivity index (χ1) is 14.5. The van der Waals surface area contributed by atoms with Gasteiger partial charge in [-0.2, -0.15) is 0 Å². The van der Waals surface area contributed by atoms with Crippen LogP contribution in [0.25, 0.3) is 0 Å². The lowest BCUT2D eigenvalue weighted by Crippen LogP contribution is -2.51. The van der Waals surface area contributed by atoms with Crippen molar-refractivity contribution in [2.24, 2.45) is 4.99 Å². The van der Waals surface area contributed by atoms with Gasteiger partial charge in [0.05, 0.1) is 0 Å². The highest BCUT2D eigenvalue weighted by Gasteiger charge is 2.22. The number of likely N-dealkylation sites (tertiary alicyclic amines) is 1. The van der Waals surface area contributed by atoms with Gasteiger partial charge in [-0.3, -0.25) is 9.69 Å². The summed E-state index contributed by atoms with van der Waals surface area (Å²) in [7, 11) is 3.55. The summed E-state index contributed by atoms with van der Waals surface area (Å²) in [4.78, 5) is 20.7. The Hall–Kier alpha value is -1.06. The van der Waals surface area contributed by atoms with Gasteiger partial charge >= 0.3 is 0 Å². The number of benzene rings is 1. The fourth-order valence-electron chi connectivity index (χ4n) is 4.14. The zero-order valence-electron chi connectivity index (χ0n) is 18.8. The Balaban J connectivity index is 0.00000341. The molecule has 6 nitrogen and oxygen atoms in total. The highest BCUT2D eigenvalue weighted by molar-refractivity contribution is 14.0. The molecule has 0 spiro atoms. The largest absolute Gasteiger partial charge is 0.354 e. The van der Waals surface area contributed by atoms with E-state index in [1.54, 1.807) is 19.0 Å². The number of rotatable bonds is 6. The van der Waals surface area contributed by atoms with E-state index in [1.165, 1.54) is 37.7 Å². The molecule has 2 fully saturated rings. The molecule has 1 aromatic carbocycles. The molecule has 0 radical (unpaired) electrons. The van der Waals surface area contributed by atoms with Crippen molar-refractivity contribution in [1.29, 1.82) is 0 Å². The number of hydrogen-bond donors (Lipinski definition) is 2. The van der Waals surface area contributed by atoms with Crippen molar-refractivity contribution in [3.05, 3.63) is 34.9 Å². The fraction of sp³-hybridized carbons (Fsp3) is 0.652. The van der Waals surface area contributed by atoms with Crippen LogP contribution in [0.5, 0.6) is 0 Å². The van der Waals surface area contributed by atoms with Gasteiger partial charge in [-0.05, 0) is 43.4 Å². The summed E-state index contributed by atoms with van der Waals surface area (Å²) < 4.78 is 0. The number of nitrogens with one attached hydrogen (secondary N) is 2. The molecule has 0 unspecified atom stereocenters. The van der Waals surface area contributed by atoms with Gasteiger partial charge in [0, 0.05) is 50.8 Å². The number of amides is 1. The summed E-state index contributed by atoms with van der Waals surface area (Å²) in [6.45, 7) is 3.24. The molecule has 1 aromatic rings. The topological polar surface area (TPSA) is 60.0 Å². The Bertz CT molecular complexity index is 698. The number of piperidine rings is 1. The summed E-state index contributed by atoms with van der Waals surface area (Å²) in [5, 5.41) is 7.99.